The van der Waals surface area contributed by atoms with Crippen LogP contribution in [0.3, 0.4) is 0 Å². The fourth-order valence-corrected chi connectivity index (χ4v) is 4.79. The molecule has 0 N–H and O–H groups in total. The van der Waals surface area contributed by atoms with Crippen molar-refractivity contribution in [3.05, 3.63) is 107 Å². The second-order valence-electron chi connectivity index (χ2n) is 8.92. The summed E-state index contributed by atoms with van der Waals surface area (Å²) >= 11 is 0. The van der Waals surface area contributed by atoms with E-state index in [0.29, 0.717) is 12.6 Å². The molecule has 4 heteroatoms. The molecule has 3 aromatic rings. The van der Waals surface area contributed by atoms with Crippen LogP contribution in [-0.2, 0) is 11.2 Å². The van der Waals surface area contributed by atoms with E-state index >= 15 is 0 Å². The molecule has 1 heterocycles. The van der Waals surface area contributed by atoms with Gasteiger partial charge in [0.25, 0.3) is 0 Å². The molecule has 3 aromatic carbocycles. The lowest BCUT2D eigenvalue weighted by Gasteiger charge is -2.36. The van der Waals surface area contributed by atoms with Crippen LogP contribution in [-0.4, -0.2) is 30.6 Å². The number of nitrogens with zero attached hydrogens (tertiary/aromatic N) is 1. The highest BCUT2D eigenvalue weighted by molar-refractivity contribution is 5.30. The first-order chi connectivity index (χ1) is 16.2. The Hall–Kier alpha value is -2.56. The van der Waals surface area contributed by atoms with E-state index in [-0.39, 0.29) is 17.7 Å². The van der Waals surface area contributed by atoms with Crippen molar-refractivity contribution in [3.63, 3.8) is 0 Å². The average Bonchev–Trinajstić information content (AvgIpc) is 2.85. The van der Waals surface area contributed by atoms with Crippen LogP contribution in [0.15, 0.2) is 78.9 Å². The molecule has 33 heavy (non-hydrogen) atoms. The molecule has 0 amide bonds. The van der Waals surface area contributed by atoms with Crippen LogP contribution >= 0.6 is 0 Å². The van der Waals surface area contributed by atoms with Gasteiger partial charge in [-0.25, -0.2) is 8.78 Å². The van der Waals surface area contributed by atoms with Crippen molar-refractivity contribution < 1.29 is 13.5 Å². The zero-order chi connectivity index (χ0) is 22.9. The van der Waals surface area contributed by atoms with Gasteiger partial charge >= 0.3 is 0 Å². The van der Waals surface area contributed by atoms with Gasteiger partial charge in [0, 0.05) is 12.6 Å². The Morgan fingerprint density at radius 1 is 0.818 bits per heavy atom. The molecule has 174 valence electrons. The summed E-state index contributed by atoms with van der Waals surface area (Å²) in [5, 5.41) is 0. The average molecular weight is 450 g/mol. The number of piperidine rings is 1. The van der Waals surface area contributed by atoms with Gasteiger partial charge in [0.2, 0.25) is 0 Å². The number of benzene rings is 3. The highest BCUT2D eigenvalue weighted by Crippen LogP contribution is 2.28. The maximum absolute atomic E-state index is 13.5. The first-order valence-corrected chi connectivity index (χ1v) is 12.1. The van der Waals surface area contributed by atoms with Crippen LogP contribution in [0.4, 0.5) is 8.78 Å². The summed E-state index contributed by atoms with van der Waals surface area (Å²) in [6.07, 6.45) is 6.63. The molecule has 0 spiro atoms. The minimum absolute atomic E-state index is 0.273. The van der Waals surface area contributed by atoms with Gasteiger partial charge in [0.1, 0.15) is 17.7 Å². The molecule has 0 radical (unpaired) electrons. The smallest absolute Gasteiger partial charge is 0.123 e. The molecule has 1 atom stereocenters. The second-order valence-corrected chi connectivity index (χ2v) is 8.92. The summed E-state index contributed by atoms with van der Waals surface area (Å²) in [7, 11) is 0. The number of hydrogen-bond donors (Lipinski definition) is 0. The predicted molar refractivity (Wildman–Crippen MR) is 129 cm³/mol. The lowest BCUT2D eigenvalue weighted by atomic mass is 9.98. The molecular formula is C29H33F2NO. The molecular weight excluding hydrogens is 416 g/mol. The Labute approximate surface area is 196 Å². The van der Waals surface area contributed by atoms with Gasteiger partial charge in [0.05, 0.1) is 0 Å². The fourth-order valence-electron chi connectivity index (χ4n) is 4.79. The fraction of sp³-hybridized carbons (Fsp3) is 0.379. The van der Waals surface area contributed by atoms with E-state index in [0.717, 1.165) is 43.5 Å². The van der Waals surface area contributed by atoms with Crippen molar-refractivity contribution in [1.82, 2.24) is 4.90 Å². The first-order valence-electron chi connectivity index (χ1n) is 12.1. The molecule has 0 aliphatic carbocycles. The van der Waals surface area contributed by atoms with E-state index < -0.39 is 0 Å². The van der Waals surface area contributed by atoms with E-state index in [9.17, 15) is 8.78 Å². The van der Waals surface area contributed by atoms with Gasteiger partial charge in [-0.3, -0.25) is 0 Å². The zero-order valence-electron chi connectivity index (χ0n) is 19.1. The molecule has 0 aromatic heterocycles. The Kier molecular flexibility index (Phi) is 8.62. The van der Waals surface area contributed by atoms with Crippen LogP contribution in [0.2, 0.25) is 0 Å². The Morgan fingerprint density at radius 2 is 1.45 bits per heavy atom. The second kappa shape index (κ2) is 12.1. The van der Waals surface area contributed by atoms with Gasteiger partial charge < -0.3 is 9.64 Å². The lowest BCUT2D eigenvalue weighted by molar-refractivity contribution is 0.0480. The van der Waals surface area contributed by atoms with Crippen LogP contribution in [0.25, 0.3) is 0 Å². The normalized spacial score (nSPS) is 16.9. The number of aryl methyl sites for hydroxylation is 1. The van der Waals surface area contributed by atoms with Gasteiger partial charge in [-0.15, -0.1) is 0 Å². The van der Waals surface area contributed by atoms with Crippen molar-refractivity contribution in [2.75, 3.05) is 19.7 Å². The Balaban J connectivity index is 1.34. The summed E-state index contributed by atoms with van der Waals surface area (Å²) in [5.74, 6) is -0.546. The van der Waals surface area contributed by atoms with Crippen LogP contribution in [0.1, 0.15) is 54.9 Å². The summed E-state index contributed by atoms with van der Waals surface area (Å²) in [6, 6.07) is 24.0. The van der Waals surface area contributed by atoms with Gasteiger partial charge in [0.15, 0.2) is 0 Å². The first kappa shape index (κ1) is 23.6. The van der Waals surface area contributed by atoms with Crippen LogP contribution in [0.5, 0.6) is 0 Å². The van der Waals surface area contributed by atoms with Gasteiger partial charge in [-0.1, -0.05) is 61.0 Å². The highest BCUT2D eigenvalue weighted by Gasteiger charge is 2.23. The molecule has 1 unspecified atom stereocenters. The van der Waals surface area contributed by atoms with E-state index in [1.165, 1.54) is 49.1 Å². The number of likely N-dealkylation sites (tertiary alicyclic amines) is 1. The summed E-state index contributed by atoms with van der Waals surface area (Å²) in [6.45, 7) is 2.87. The van der Waals surface area contributed by atoms with Crippen molar-refractivity contribution >= 4 is 0 Å². The van der Waals surface area contributed by atoms with E-state index in [1.807, 2.05) is 0 Å². The predicted octanol–water partition coefficient (Wildman–Crippen LogP) is 6.95. The minimum atomic E-state index is -0.332. The number of rotatable bonds is 10. The summed E-state index contributed by atoms with van der Waals surface area (Å²) in [5.41, 5.74) is 3.16. The van der Waals surface area contributed by atoms with Crippen molar-refractivity contribution in [1.29, 1.82) is 0 Å². The third-order valence-corrected chi connectivity index (χ3v) is 6.58. The van der Waals surface area contributed by atoms with Gasteiger partial charge in [-0.2, -0.15) is 0 Å². The molecule has 1 saturated heterocycles. The lowest BCUT2D eigenvalue weighted by Crippen LogP contribution is -2.40. The molecule has 2 nitrogen and oxygen atoms in total. The molecule has 1 aliphatic rings. The van der Waals surface area contributed by atoms with E-state index in [4.69, 9.17) is 4.74 Å². The quantitative estimate of drug-likeness (QED) is 0.332. The van der Waals surface area contributed by atoms with Crippen molar-refractivity contribution in [2.45, 2.75) is 50.7 Å². The number of ether oxygens (including phenoxy) is 1. The molecule has 0 bridgehead atoms. The van der Waals surface area contributed by atoms with Gasteiger partial charge in [-0.05, 0) is 86.1 Å². The maximum atomic E-state index is 13.5. The molecule has 1 aliphatic heterocycles. The standard InChI is InChI=1S/C29H33F2NO/c30-26-15-11-24(12-16-26)29(25-13-17-27(31)18-14-25)33-22-19-28-10-4-5-20-32(28)21-6-9-23-7-2-1-3-8-23/h1-3,7-8,11-18,28-29H,4-6,9-10,19-22H2. The monoisotopic (exact) mass is 449 g/mol. The zero-order valence-corrected chi connectivity index (χ0v) is 19.1. The Morgan fingerprint density at radius 3 is 2.09 bits per heavy atom. The maximum Gasteiger partial charge on any atom is 0.123 e. The molecule has 1 fully saturated rings. The summed E-state index contributed by atoms with van der Waals surface area (Å²) < 4.78 is 33.3. The third kappa shape index (κ3) is 6.96. The van der Waals surface area contributed by atoms with E-state index in [1.54, 1.807) is 24.3 Å². The van der Waals surface area contributed by atoms with Crippen LogP contribution < -0.4 is 0 Å². The molecule has 0 saturated carbocycles. The van der Waals surface area contributed by atoms with Crippen molar-refractivity contribution in [2.24, 2.45) is 0 Å². The molecule has 4 rings (SSSR count). The Bertz CT molecular complexity index is 914. The third-order valence-electron chi connectivity index (χ3n) is 6.58. The van der Waals surface area contributed by atoms with Crippen LogP contribution in [0, 0.1) is 11.6 Å². The summed E-state index contributed by atoms with van der Waals surface area (Å²) in [4.78, 5) is 2.63. The van der Waals surface area contributed by atoms with E-state index in [2.05, 4.69) is 35.2 Å². The highest BCUT2D eigenvalue weighted by atomic mass is 19.1. The number of halogens is 2. The largest absolute Gasteiger partial charge is 0.369 e. The van der Waals surface area contributed by atoms with Crippen molar-refractivity contribution in [3.8, 4) is 0 Å². The SMILES string of the molecule is Fc1ccc(C(OCCC2CCCCN2CCCc2ccccc2)c2ccc(F)cc2)cc1. The topological polar surface area (TPSA) is 12.5 Å². The number of hydrogen-bond acceptors (Lipinski definition) is 2. The minimum Gasteiger partial charge on any atom is -0.369 e.